The van der Waals surface area contributed by atoms with Gasteiger partial charge >= 0.3 is 0 Å². The Morgan fingerprint density at radius 3 is 3.00 bits per heavy atom. The maximum absolute atomic E-state index is 11.6. The Balaban J connectivity index is 1.85. The zero-order valence-corrected chi connectivity index (χ0v) is 10.7. The van der Waals surface area contributed by atoms with Crippen LogP contribution in [0.25, 0.3) is 0 Å². The van der Waals surface area contributed by atoms with Gasteiger partial charge in [-0.25, -0.2) is 0 Å². The average Bonchev–Trinajstić information content (AvgIpc) is 2.72. The van der Waals surface area contributed by atoms with Crippen molar-refractivity contribution in [1.29, 1.82) is 0 Å². The molecule has 5 nitrogen and oxygen atoms in total. The lowest BCUT2D eigenvalue weighted by molar-refractivity contribution is -0.113. The van der Waals surface area contributed by atoms with Crippen molar-refractivity contribution in [3.05, 3.63) is 36.0 Å². The van der Waals surface area contributed by atoms with Gasteiger partial charge in [-0.2, -0.15) is 0 Å². The molecule has 94 valence electrons. The Morgan fingerprint density at radius 2 is 2.33 bits per heavy atom. The van der Waals surface area contributed by atoms with Gasteiger partial charge in [-0.1, -0.05) is 11.2 Å². The fourth-order valence-electron chi connectivity index (χ4n) is 1.35. The summed E-state index contributed by atoms with van der Waals surface area (Å²) in [6, 6.07) is 9.07. The highest BCUT2D eigenvalue weighted by molar-refractivity contribution is 8.00. The highest BCUT2D eigenvalue weighted by Crippen LogP contribution is 2.20. The number of nitrogen functional groups attached to an aromatic ring is 1. The molecule has 2 aromatic rings. The monoisotopic (exact) mass is 263 g/mol. The second-order valence-corrected chi connectivity index (χ2v) is 4.79. The first-order valence-electron chi connectivity index (χ1n) is 5.35. The van der Waals surface area contributed by atoms with E-state index in [1.807, 2.05) is 18.2 Å². The van der Waals surface area contributed by atoms with Gasteiger partial charge in [-0.05, 0) is 25.1 Å². The molecule has 0 saturated carbocycles. The van der Waals surface area contributed by atoms with Crippen molar-refractivity contribution in [3.63, 3.8) is 0 Å². The number of nitrogens with two attached hydrogens (primary N) is 1. The summed E-state index contributed by atoms with van der Waals surface area (Å²) < 4.78 is 4.89. The minimum absolute atomic E-state index is 0.140. The van der Waals surface area contributed by atoms with Crippen molar-refractivity contribution in [2.45, 2.75) is 11.8 Å². The van der Waals surface area contributed by atoms with Crippen molar-refractivity contribution in [2.24, 2.45) is 0 Å². The number of benzene rings is 1. The lowest BCUT2D eigenvalue weighted by atomic mass is 10.3. The van der Waals surface area contributed by atoms with Gasteiger partial charge in [0.25, 0.3) is 0 Å². The number of nitrogens with one attached hydrogen (secondary N) is 1. The molecule has 3 N–H and O–H groups in total. The number of aromatic nitrogens is 1. The van der Waals surface area contributed by atoms with E-state index in [0.717, 1.165) is 10.6 Å². The number of anilines is 2. The van der Waals surface area contributed by atoms with Gasteiger partial charge in [0.1, 0.15) is 0 Å². The van der Waals surface area contributed by atoms with E-state index in [-0.39, 0.29) is 5.91 Å². The summed E-state index contributed by atoms with van der Waals surface area (Å²) in [5, 5.41) is 6.31. The molecule has 0 radical (unpaired) electrons. The molecule has 0 aliphatic rings. The van der Waals surface area contributed by atoms with Gasteiger partial charge in [0.2, 0.25) is 11.8 Å². The Kier molecular flexibility index (Phi) is 3.88. The van der Waals surface area contributed by atoms with Crippen LogP contribution in [0.2, 0.25) is 0 Å². The Hall–Kier alpha value is -1.95. The third kappa shape index (κ3) is 3.53. The van der Waals surface area contributed by atoms with E-state index in [4.69, 9.17) is 10.3 Å². The van der Waals surface area contributed by atoms with Crippen molar-refractivity contribution in [3.8, 4) is 0 Å². The van der Waals surface area contributed by atoms with E-state index in [9.17, 15) is 4.79 Å². The highest BCUT2D eigenvalue weighted by Gasteiger charge is 2.07. The molecule has 2 rings (SSSR count). The summed E-state index contributed by atoms with van der Waals surface area (Å²) in [4.78, 5) is 12.6. The molecule has 18 heavy (non-hydrogen) atoms. The van der Waals surface area contributed by atoms with Crippen LogP contribution in [0.1, 0.15) is 5.69 Å². The number of hydrogen-bond donors (Lipinski definition) is 2. The number of hydrogen-bond acceptors (Lipinski definition) is 5. The van der Waals surface area contributed by atoms with Crippen molar-refractivity contribution in [1.82, 2.24) is 5.16 Å². The number of rotatable bonds is 4. The third-order valence-electron chi connectivity index (χ3n) is 2.12. The molecular formula is C12H13N3O2S. The SMILES string of the molecule is Cc1cc(NC(=O)CSc2cccc(N)c2)on1. The quantitative estimate of drug-likeness (QED) is 0.653. The molecule has 0 fully saturated rings. The van der Waals surface area contributed by atoms with E-state index in [2.05, 4.69) is 10.5 Å². The summed E-state index contributed by atoms with van der Waals surface area (Å²) in [5.41, 5.74) is 7.07. The van der Waals surface area contributed by atoms with Gasteiger partial charge in [0, 0.05) is 16.6 Å². The fourth-order valence-corrected chi connectivity index (χ4v) is 2.11. The molecular weight excluding hydrogens is 250 g/mol. The Labute approximate surface area is 109 Å². The van der Waals surface area contributed by atoms with Gasteiger partial charge in [-0.15, -0.1) is 11.8 Å². The van der Waals surface area contributed by atoms with Crippen LogP contribution in [0.15, 0.2) is 39.8 Å². The van der Waals surface area contributed by atoms with E-state index in [1.54, 1.807) is 19.1 Å². The first-order valence-corrected chi connectivity index (χ1v) is 6.33. The van der Waals surface area contributed by atoms with Crippen molar-refractivity contribution < 1.29 is 9.32 Å². The van der Waals surface area contributed by atoms with Gasteiger partial charge in [0.05, 0.1) is 11.4 Å². The maximum Gasteiger partial charge on any atom is 0.237 e. The van der Waals surface area contributed by atoms with Crippen LogP contribution in [0.5, 0.6) is 0 Å². The van der Waals surface area contributed by atoms with Gasteiger partial charge in [-0.3, -0.25) is 10.1 Å². The molecule has 0 spiro atoms. The predicted octanol–water partition coefficient (Wildman–Crippen LogP) is 2.30. The molecule has 0 aliphatic carbocycles. The van der Waals surface area contributed by atoms with Crippen LogP contribution in [0.4, 0.5) is 11.6 Å². The molecule has 1 heterocycles. The largest absolute Gasteiger partial charge is 0.399 e. The summed E-state index contributed by atoms with van der Waals surface area (Å²) in [7, 11) is 0. The van der Waals surface area contributed by atoms with Crippen molar-refractivity contribution >= 4 is 29.2 Å². The molecule has 0 saturated heterocycles. The van der Waals surface area contributed by atoms with Crippen LogP contribution < -0.4 is 11.1 Å². The van der Waals surface area contributed by atoms with Crippen molar-refractivity contribution in [2.75, 3.05) is 16.8 Å². The number of aryl methyl sites for hydroxylation is 1. The summed E-state index contributed by atoms with van der Waals surface area (Å²) >= 11 is 1.41. The minimum atomic E-state index is -0.140. The van der Waals surface area contributed by atoms with Gasteiger partial charge in [0.15, 0.2) is 0 Å². The lowest BCUT2D eigenvalue weighted by Crippen LogP contribution is -2.13. The third-order valence-corrected chi connectivity index (χ3v) is 3.11. The maximum atomic E-state index is 11.6. The summed E-state index contributed by atoms with van der Waals surface area (Å²) in [5.74, 6) is 0.521. The smallest absolute Gasteiger partial charge is 0.237 e. The number of carbonyl (C=O) groups is 1. The molecule has 1 amide bonds. The zero-order valence-electron chi connectivity index (χ0n) is 9.84. The first kappa shape index (κ1) is 12.5. The molecule has 0 aliphatic heterocycles. The number of amides is 1. The van der Waals surface area contributed by atoms with Crippen LogP contribution in [-0.2, 0) is 4.79 Å². The summed E-state index contributed by atoms with van der Waals surface area (Å²) in [6.45, 7) is 1.79. The van der Waals surface area contributed by atoms with Crippen LogP contribution in [0.3, 0.4) is 0 Å². The standard InChI is InChI=1S/C12H13N3O2S/c1-8-5-12(17-15-8)14-11(16)7-18-10-4-2-3-9(13)6-10/h2-6H,7,13H2,1H3,(H,14,16). The lowest BCUT2D eigenvalue weighted by Gasteiger charge is -2.02. The van der Waals surface area contributed by atoms with Crippen LogP contribution >= 0.6 is 11.8 Å². The molecule has 0 bridgehead atoms. The normalized spacial score (nSPS) is 10.3. The van der Waals surface area contributed by atoms with E-state index >= 15 is 0 Å². The Morgan fingerprint density at radius 1 is 1.50 bits per heavy atom. The highest BCUT2D eigenvalue weighted by atomic mass is 32.2. The van der Waals surface area contributed by atoms with Crippen LogP contribution in [-0.4, -0.2) is 16.8 Å². The molecule has 0 atom stereocenters. The van der Waals surface area contributed by atoms with E-state index in [1.165, 1.54) is 11.8 Å². The summed E-state index contributed by atoms with van der Waals surface area (Å²) in [6.07, 6.45) is 0. The number of carbonyl (C=O) groups excluding carboxylic acids is 1. The van der Waals surface area contributed by atoms with Gasteiger partial charge < -0.3 is 10.3 Å². The average molecular weight is 263 g/mol. The second kappa shape index (κ2) is 5.59. The van der Waals surface area contributed by atoms with E-state index < -0.39 is 0 Å². The first-order chi connectivity index (χ1) is 8.63. The second-order valence-electron chi connectivity index (χ2n) is 3.74. The molecule has 1 aromatic carbocycles. The fraction of sp³-hybridized carbons (Fsp3) is 0.167. The Bertz CT molecular complexity index is 554. The number of nitrogens with zero attached hydrogens (tertiary/aromatic N) is 1. The predicted molar refractivity (Wildman–Crippen MR) is 71.4 cm³/mol. The molecule has 1 aromatic heterocycles. The van der Waals surface area contributed by atoms with Crippen LogP contribution in [0, 0.1) is 6.92 Å². The number of thioether (sulfide) groups is 1. The molecule has 6 heteroatoms. The topological polar surface area (TPSA) is 81.2 Å². The van der Waals surface area contributed by atoms with E-state index in [0.29, 0.717) is 17.3 Å². The zero-order chi connectivity index (χ0) is 13.0. The minimum Gasteiger partial charge on any atom is -0.399 e. The molecule has 0 unspecified atom stereocenters.